The third kappa shape index (κ3) is 4.35. The minimum absolute atomic E-state index is 0.461. The molecule has 0 aliphatic heterocycles. The molecule has 0 saturated carbocycles. The van der Waals surface area contributed by atoms with Gasteiger partial charge in [-0.1, -0.05) is 35.3 Å². The number of benzene rings is 1. The van der Waals surface area contributed by atoms with Crippen LogP contribution in [0.5, 0.6) is 0 Å². The number of thioether (sulfide) groups is 1. The number of halogens is 2. The molecule has 2 atom stereocenters. The van der Waals surface area contributed by atoms with Crippen LogP contribution in [0.1, 0.15) is 18.6 Å². The molecule has 18 heavy (non-hydrogen) atoms. The van der Waals surface area contributed by atoms with Crippen molar-refractivity contribution in [3.63, 3.8) is 0 Å². The van der Waals surface area contributed by atoms with E-state index in [4.69, 9.17) is 23.2 Å². The maximum absolute atomic E-state index is 11.3. The van der Waals surface area contributed by atoms with Crippen LogP contribution < -0.4 is 5.32 Å². The predicted octanol–water partition coefficient (Wildman–Crippen LogP) is 2.75. The minimum atomic E-state index is -1.13. The second kappa shape index (κ2) is 7.24. The van der Waals surface area contributed by atoms with Crippen molar-refractivity contribution in [1.29, 1.82) is 0 Å². The van der Waals surface area contributed by atoms with Gasteiger partial charge in [-0.2, -0.15) is 0 Å². The first kappa shape index (κ1) is 15.6. The zero-order chi connectivity index (χ0) is 13.7. The van der Waals surface area contributed by atoms with Crippen LogP contribution >= 0.6 is 35.0 Å². The standard InChI is InChI=1S/C12H15Cl2NO2S/c1-7(15-12(17)11(13)14)10(16)8-3-5-9(18-2)6-4-8/h3-7,10-11,16H,1-2H3,(H,15,17)/t7-,10+/m1/s1. The summed E-state index contributed by atoms with van der Waals surface area (Å²) >= 11 is 12.5. The summed E-state index contributed by atoms with van der Waals surface area (Å²) in [5.41, 5.74) is 0.737. The number of aliphatic hydroxyl groups excluding tert-OH is 1. The Labute approximate surface area is 121 Å². The van der Waals surface area contributed by atoms with Crippen molar-refractivity contribution in [1.82, 2.24) is 5.32 Å². The van der Waals surface area contributed by atoms with Gasteiger partial charge in [0, 0.05) is 4.90 Å². The number of rotatable bonds is 5. The number of amides is 1. The first-order valence-electron chi connectivity index (χ1n) is 5.36. The molecule has 0 aliphatic carbocycles. The highest BCUT2D eigenvalue weighted by molar-refractivity contribution is 7.98. The molecule has 0 saturated heterocycles. The topological polar surface area (TPSA) is 49.3 Å². The van der Waals surface area contributed by atoms with Gasteiger partial charge in [-0.05, 0) is 30.9 Å². The molecule has 100 valence electrons. The third-order valence-electron chi connectivity index (χ3n) is 2.50. The molecule has 3 nitrogen and oxygen atoms in total. The number of hydrogen-bond acceptors (Lipinski definition) is 3. The quantitative estimate of drug-likeness (QED) is 0.649. The van der Waals surface area contributed by atoms with Gasteiger partial charge in [0.25, 0.3) is 5.91 Å². The summed E-state index contributed by atoms with van der Waals surface area (Å²) < 4.78 is 0. The molecule has 0 bridgehead atoms. The van der Waals surface area contributed by atoms with E-state index >= 15 is 0 Å². The summed E-state index contributed by atoms with van der Waals surface area (Å²) in [6.45, 7) is 1.70. The number of carbonyl (C=O) groups is 1. The molecular weight excluding hydrogens is 293 g/mol. The molecule has 1 amide bonds. The van der Waals surface area contributed by atoms with Crippen LogP contribution in [0, 0.1) is 0 Å². The molecule has 2 N–H and O–H groups in total. The molecule has 0 aliphatic rings. The average molecular weight is 308 g/mol. The smallest absolute Gasteiger partial charge is 0.253 e. The molecule has 0 fully saturated rings. The lowest BCUT2D eigenvalue weighted by Crippen LogP contribution is -2.39. The largest absolute Gasteiger partial charge is 0.386 e. The van der Waals surface area contributed by atoms with Gasteiger partial charge in [0.15, 0.2) is 4.84 Å². The fourth-order valence-corrected chi connectivity index (χ4v) is 1.99. The van der Waals surface area contributed by atoms with E-state index in [-0.39, 0.29) is 0 Å². The van der Waals surface area contributed by atoms with Gasteiger partial charge in [-0.3, -0.25) is 4.79 Å². The van der Waals surface area contributed by atoms with E-state index in [0.717, 1.165) is 10.5 Å². The molecule has 1 aromatic rings. The van der Waals surface area contributed by atoms with Crippen molar-refractivity contribution in [2.45, 2.75) is 28.8 Å². The summed E-state index contributed by atoms with van der Waals surface area (Å²) in [6, 6.07) is 7.04. The molecule has 1 rings (SSSR count). The molecule has 0 radical (unpaired) electrons. The lowest BCUT2D eigenvalue weighted by atomic mass is 10.0. The van der Waals surface area contributed by atoms with Gasteiger partial charge in [0.05, 0.1) is 12.1 Å². The summed E-state index contributed by atoms with van der Waals surface area (Å²) in [5, 5.41) is 12.6. The van der Waals surface area contributed by atoms with Crippen molar-refractivity contribution in [2.75, 3.05) is 6.26 Å². The van der Waals surface area contributed by atoms with Crippen LogP contribution in [-0.2, 0) is 4.79 Å². The Bertz CT molecular complexity index is 398. The van der Waals surface area contributed by atoms with Gasteiger partial charge in [-0.15, -0.1) is 11.8 Å². The SMILES string of the molecule is CSc1ccc([C@@H](O)[C@@H](C)NC(=O)C(Cl)Cl)cc1. The molecule has 0 spiro atoms. The Morgan fingerprint density at radius 2 is 1.89 bits per heavy atom. The molecule has 6 heteroatoms. The van der Waals surface area contributed by atoms with Gasteiger partial charge in [0.2, 0.25) is 0 Å². The maximum Gasteiger partial charge on any atom is 0.253 e. The number of carbonyl (C=O) groups excluding carboxylic acids is 1. The highest BCUT2D eigenvalue weighted by Gasteiger charge is 2.21. The van der Waals surface area contributed by atoms with E-state index < -0.39 is 22.9 Å². The van der Waals surface area contributed by atoms with E-state index in [1.54, 1.807) is 18.7 Å². The summed E-state index contributed by atoms with van der Waals surface area (Å²) in [4.78, 5) is 11.3. The maximum atomic E-state index is 11.3. The van der Waals surface area contributed by atoms with Gasteiger partial charge < -0.3 is 10.4 Å². The third-order valence-corrected chi connectivity index (χ3v) is 3.64. The molecular formula is C12H15Cl2NO2S. The Kier molecular flexibility index (Phi) is 6.29. The van der Waals surface area contributed by atoms with E-state index in [9.17, 15) is 9.90 Å². The normalized spacial score (nSPS) is 14.3. The molecule has 0 unspecified atom stereocenters. The van der Waals surface area contributed by atoms with Crippen molar-refractivity contribution in [3.05, 3.63) is 29.8 Å². The fraction of sp³-hybridized carbons (Fsp3) is 0.417. The summed E-state index contributed by atoms with van der Waals surface area (Å²) in [6.07, 6.45) is 1.19. The zero-order valence-corrected chi connectivity index (χ0v) is 12.4. The number of alkyl halides is 2. The lowest BCUT2D eigenvalue weighted by molar-refractivity contribution is -0.120. The first-order valence-corrected chi connectivity index (χ1v) is 7.46. The van der Waals surface area contributed by atoms with E-state index in [1.165, 1.54) is 0 Å². The Balaban J connectivity index is 2.67. The summed E-state index contributed by atoms with van der Waals surface area (Å²) in [7, 11) is 0. The first-order chi connectivity index (χ1) is 8.45. The Morgan fingerprint density at radius 3 is 2.33 bits per heavy atom. The van der Waals surface area contributed by atoms with Crippen LogP contribution in [0.15, 0.2) is 29.2 Å². The molecule has 1 aromatic carbocycles. The molecule has 0 heterocycles. The fourth-order valence-electron chi connectivity index (χ4n) is 1.46. The van der Waals surface area contributed by atoms with E-state index in [1.807, 2.05) is 30.5 Å². The van der Waals surface area contributed by atoms with Crippen LogP contribution in [0.4, 0.5) is 0 Å². The highest BCUT2D eigenvalue weighted by Crippen LogP contribution is 2.21. The lowest BCUT2D eigenvalue weighted by Gasteiger charge is -2.21. The number of aliphatic hydroxyl groups is 1. The monoisotopic (exact) mass is 307 g/mol. The van der Waals surface area contributed by atoms with Gasteiger partial charge in [0.1, 0.15) is 0 Å². The van der Waals surface area contributed by atoms with Crippen molar-refractivity contribution < 1.29 is 9.90 Å². The van der Waals surface area contributed by atoms with Crippen LogP contribution in [-0.4, -0.2) is 28.1 Å². The second-order valence-electron chi connectivity index (χ2n) is 3.82. The minimum Gasteiger partial charge on any atom is -0.386 e. The number of nitrogens with one attached hydrogen (secondary N) is 1. The zero-order valence-electron chi connectivity index (χ0n) is 10.1. The van der Waals surface area contributed by atoms with Crippen LogP contribution in [0.25, 0.3) is 0 Å². The molecule has 0 aromatic heterocycles. The Hall–Kier alpha value is -0.420. The van der Waals surface area contributed by atoms with Gasteiger partial charge >= 0.3 is 0 Å². The van der Waals surface area contributed by atoms with Crippen LogP contribution in [0.3, 0.4) is 0 Å². The Morgan fingerprint density at radius 1 is 1.33 bits per heavy atom. The van der Waals surface area contributed by atoms with Crippen LogP contribution in [0.2, 0.25) is 0 Å². The predicted molar refractivity (Wildman–Crippen MR) is 76.3 cm³/mol. The second-order valence-corrected chi connectivity index (χ2v) is 5.79. The van der Waals surface area contributed by atoms with Gasteiger partial charge in [-0.25, -0.2) is 0 Å². The van der Waals surface area contributed by atoms with E-state index in [2.05, 4.69) is 5.32 Å². The number of hydrogen-bond donors (Lipinski definition) is 2. The van der Waals surface area contributed by atoms with Crippen molar-refractivity contribution in [2.24, 2.45) is 0 Å². The van der Waals surface area contributed by atoms with Crippen molar-refractivity contribution >= 4 is 40.9 Å². The van der Waals surface area contributed by atoms with Crippen molar-refractivity contribution in [3.8, 4) is 0 Å². The average Bonchev–Trinajstić information content (AvgIpc) is 2.37. The van der Waals surface area contributed by atoms with E-state index in [0.29, 0.717) is 0 Å². The summed E-state index contributed by atoms with van der Waals surface area (Å²) in [5.74, 6) is -0.509. The highest BCUT2D eigenvalue weighted by atomic mass is 35.5.